The normalized spacial score (nSPS) is 18.2. The molecule has 0 atom stereocenters. The summed E-state index contributed by atoms with van der Waals surface area (Å²) in [4.78, 5) is 0. The molecule has 1 fully saturated rings. The van der Waals surface area contributed by atoms with E-state index in [-0.39, 0.29) is 10.8 Å². The summed E-state index contributed by atoms with van der Waals surface area (Å²) in [5.74, 6) is -0.249. The van der Waals surface area contributed by atoms with Gasteiger partial charge in [0.25, 0.3) is 0 Å². The maximum absolute atomic E-state index is 13.5. The fourth-order valence-electron chi connectivity index (χ4n) is 1.62. The molecule has 0 nitrogen and oxygen atoms in total. The number of benzene rings is 1. The fraction of sp³-hybridized carbons (Fsp3) is 0.455. The third-order valence-electron chi connectivity index (χ3n) is 2.84. The molecule has 0 bridgehead atoms. The molecule has 0 radical (unpaired) electrons. The maximum atomic E-state index is 13.5. The van der Waals surface area contributed by atoms with Crippen LogP contribution in [0.3, 0.4) is 0 Å². The molecule has 14 heavy (non-hydrogen) atoms. The van der Waals surface area contributed by atoms with Gasteiger partial charge in [0, 0.05) is 5.33 Å². The van der Waals surface area contributed by atoms with E-state index in [9.17, 15) is 4.39 Å². The van der Waals surface area contributed by atoms with E-state index in [4.69, 9.17) is 11.6 Å². The SMILES string of the molecule is Fc1c(Cl)cccc1CC1(CBr)CC1. The summed E-state index contributed by atoms with van der Waals surface area (Å²) < 4.78 is 13.5. The predicted octanol–water partition coefficient (Wildman–Crippen LogP) is 4.20. The molecule has 1 aliphatic rings. The van der Waals surface area contributed by atoms with Gasteiger partial charge < -0.3 is 0 Å². The molecule has 1 aliphatic carbocycles. The van der Waals surface area contributed by atoms with Crippen LogP contribution in [0.1, 0.15) is 18.4 Å². The summed E-state index contributed by atoms with van der Waals surface area (Å²) in [6.07, 6.45) is 3.17. The van der Waals surface area contributed by atoms with Crippen molar-refractivity contribution in [3.63, 3.8) is 0 Å². The largest absolute Gasteiger partial charge is 0.205 e. The Hall–Kier alpha value is -0.0800. The zero-order valence-electron chi connectivity index (χ0n) is 7.69. The summed E-state index contributed by atoms with van der Waals surface area (Å²) in [5.41, 5.74) is 1.04. The monoisotopic (exact) mass is 276 g/mol. The highest BCUT2D eigenvalue weighted by Gasteiger charge is 2.41. The van der Waals surface area contributed by atoms with Crippen molar-refractivity contribution in [2.24, 2.45) is 5.41 Å². The van der Waals surface area contributed by atoms with Crippen LogP contribution in [0.5, 0.6) is 0 Å². The van der Waals surface area contributed by atoms with Crippen LogP contribution in [0.2, 0.25) is 5.02 Å². The van der Waals surface area contributed by atoms with Gasteiger partial charge in [-0.15, -0.1) is 0 Å². The minimum atomic E-state index is -0.249. The number of hydrogen-bond acceptors (Lipinski definition) is 0. The van der Waals surface area contributed by atoms with E-state index in [0.29, 0.717) is 5.41 Å². The molecular weight excluding hydrogens is 266 g/mol. The lowest BCUT2D eigenvalue weighted by atomic mass is 9.98. The lowest BCUT2D eigenvalue weighted by Gasteiger charge is -2.12. The molecule has 0 aromatic heterocycles. The second kappa shape index (κ2) is 3.82. The Balaban J connectivity index is 2.21. The van der Waals surface area contributed by atoms with E-state index < -0.39 is 0 Å². The predicted molar refractivity (Wildman–Crippen MR) is 60.6 cm³/mol. The molecule has 2 rings (SSSR count). The van der Waals surface area contributed by atoms with Crippen LogP contribution >= 0.6 is 27.5 Å². The summed E-state index contributed by atoms with van der Waals surface area (Å²) in [6, 6.07) is 5.23. The Morgan fingerprint density at radius 3 is 2.71 bits per heavy atom. The molecule has 3 heteroatoms. The zero-order chi connectivity index (χ0) is 10.2. The molecular formula is C11H11BrClF. The Bertz CT molecular complexity index is 347. The number of alkyl halides is 1. The van der Waals surface area contributed by atoms with Crippen LogP contribution in [-0.2, 0) is 6.42 Å². The first kappa shape index (κ1) is 10.4. The minimum absolute atomic E-state index is 0.230. The van der Waals surface area contributed by atoms with Gasteiger partial charge in [-0.3, -0.25) is 0 Å². The molecule has 0 N–H and O–H groups in total. The van der Waals surface area contributed by atoms with Gasteiger partial charge >= 0.3 is 0 Å². The van der Waals surface area contributed by atoms with E-state index >= 15 is 0 Å². The van der Waals surface area contributed by atoms with Crippen molar-refractivity contribution in [3.8, 4) is 0 Å². The van der Waals surface area contributed by atoms with Gasteiger partial charge in [0.05, 0.1) is 5.02 Å². The third kappa shape index (κ3) is 1.96. The van der Waals surface area contributed by atoms with Crippen molar-refractivity contribution in [1.82, 2.24) is 0 Å². The molecule has 1 saturated carbocycles. The molecule has 0 heterocycles. The van der Waals surface area contributed by atoms with Crippen molar-refractivity contribution < 1.29 is 4.39 Å². The zero-order valence-corrected chi connectivity index (χ0v) is 10.0. The van der Waals surface area contributed by atoms with Crippen LogP contribution in [0.4, 0.5) is 4.39 Å². The standard InChI is InChI=1S/C11H11BrClF/c12-7-11(4-5-11)6-8-2-1-3-9(13)10(8)14/h1-3H,4-7H2. The summed E-state index contributed by atoms with van der Waals surface area (Å²) in [6.45, 7) is 0. The average Bonchev–Trinajstić information content (AvgIpc) is 2.94. The average molecular weight is 278 g/mol. The maximum Gasteiger partial charge on any atom is 0.144 e. The summed E-state index contributed by atoms with van der Waals surface area (Å²) in [5, 5.41) is 1.18. The quantitative estimate of drug-likeness (QED) is 0.727. The molecule has 1 aromatic rings. The summed E-state index contributed by atoms with van der Waals surface area (Å²) in [7, 11) is 0. The van der Waals surface area contributed by atoms with Gasteiger partial charge in [0.15, 0.2) is 0 Å². The van der Waals surface area contributed by atoms with E-state index in [1.54, 1.807) is 6.07 Å². The smallest absolute Gasteiger partial charge is 0.144 e. The number of hydrogen-bond donors (Lipinski definition) is 0. The Morgan fingerprint density at radius 1 is 1.43 bits per heavy atom. The van der Waals surface area contributed by atoms with Crippen LogP contribution in [0.25, 0.3) is 0 Å². The minimum Gasteiger partial charge on any atom is -0.205 e. The van der Waals surface area contributed by atoms with Crippen LogP contribution < -0.4 is 0 Å². The van der Waals surface area contributed by atoms with Crippen LogP contribution in [0.15, 0.2) is 18.2 Å². The fourth-order valence-corrected chi connectivity index (χ4v) is 2.58. The highest BCUT2D eigenvalue weighted by Crippen LogP contribution is 2.50. The molecule has 0 amide bonds. The van der Waals surface area contributed by atoms with Gasteiger partial charge in [-0.05, 0) is 36.3 Å². The lowest BCUT2D eigenvalue weighted by molar-refractivity contribution is 0.544. The molecule has 76 valence electrons. The van der Waals surface area contributed by atoms with E-state index in [1.165, 1.54) is 12.8 Å². The van der Waals surface area contributed by atoms with Crippen molar-refractivity contribution in [2.75, 3.05) is 5.33 Å². The highest BCUT2D eigenvalue weighted by atomic mass is 79.9. The molecule has 0 saturated heterocycles. The lowest BCUT2D eigenvalue weighted by Crippen LogP contribution is -2.07. The van der Waals surface area contributed by atoms with Crippen molar-refractivity contribution in [1.29, 1.82) is 0 Å². The van der Waals surface area contributed by atoms with Crippen LogP contribution in [-0.4, -0.2) is 5.33 Å². The van der Waals surface area contributed by atoms with Crippen molar-refractivity contribution in [3.05, 3.63) is 34.6 Å². The molecule has 1 aromatic carbocycles. The summed E-state index contributed by atoms with van der Waals surface area (Å²) >= 11 is 9.20. The number of halogens is 3. The second-order valence-corrected chi connectivity index (χ2v) is 4.99. The number of rotatable bonds is 3. The van der Waals surface area contributed by atoms with Gasteiger partial charge in [-0.2, -0.15) is 0 Å². The Labute approximate surface area is 96.6 Å². The van der Waals surface area contributed by atoms with Gasteiger partial charge in [-0.25, -0.2) is 4.39 Å². The third-order valence-corrected chi connectivity index (χ3v) is 4.32. The van der Waals surface area contributed by atoms with Gasteiger partial charge in [-0.1, -0.05) is 39.7 Å². The van der Waals surface area contributed by atoms with Crippen molar-refractivity contribution in [2.45, 2.75) is 19.3 Å². The van der Waals surface area contributed by atoms with E-state index in [2.05, 4.69) is 15.9 Å². The first-order valence-electron chi connectivity index (χ1n) is 4.66. The molecule has 0 unspecified atom stereocenters. The second-order valence-electron chi connectivity index (χ2n) is 4.02. The van der Waals surface area contributed by atoms with E-state index in [1.807, 2.05) is 12.1 Å². The van der Waals surface area contributed by atoms with E-state index in [0.717, 1.165) is 17.3 Å². The molecule has 0 spiro atoms. The highest BCUT2D eigenvalue weighted by molar-refractivity contribution is 9.09. The van der Waals surface area contributed by atoms with Gasteiger partial charge in [0.2, 0.25) is 0 Å². The first-order valence-corrected chi connectivity index (χ1v) is 6.16. The topological polar surface area (TPSA) is 0 Å². The van der Waals surface area contributed by atoms with Crippen molar-refractivity contribution >= 4 is 27.5 Å². The van der Waals surface area contributed by atoms with Gasteiger partial charge in [0.1, 0.15) is 5.82 Å². The Kier molecular flexibility index (Phi) is 2.85. The first-order chi connectivity index (χ1) is 6.67. The van der Waals surface area contributed by atoms with Crippen LogP contribution in [0, 0.1) is 11.2 Å². The molecule has 0 aliphatic heterocycles. The Morgan fingerprint density at radius 2 is 2.14 bits per heavy atom.